The van der Waals surface area contributed by atoms with Gasteiger partial charge in [-0.05, 0) is 68.4 Å². The third-order valence-corrected chi connectivity index (χ3v) is 6.13. The first kappa shape index (κ1) is 13.8. The molecule has 3 nitrogen and oxygen atoms in total. The maximum Gasteiger partial charge on any atom is 0.0630 e. The molecule has 3 fully saturated rings. The molecule has 1 N–H and O–H groups in total. The summed E-state index contributed by atoms with van der Waals surface area (Å²) < 4.78 is 2.26. The minimum absolute atomic E-state index is 0.498. The number of nitrogens with zero attached hydrogens (tertiary/aromatic N) is 2. The number of aromatic nitrogens is 2. The van der Waals surface area contributed by atoms with Crippen LogP contribution in [0.25, 0.3) is 0 Å². The fraction of sp³-hybridized carbons (Fsp3) is 0.833. The highest BCUT2D eigenvalue weighted by atomic mass is 15.3. The molecule has 2 atom stereocenters. The molecule has 3 saturated carbocycles. The molecule has 4 rings (SSSR count). The van der Waals surface area contributed by atoms with Crippen molar-refractivity contribution in [1.82, 2.24) is 15.1 Å². The van der Waals surface area contributed by atoms with Gasteiger partial charge in [-0.15, -0.1) is 0 Å². The molecule has 21 heavy (non-hydrogen) atoms. The molecule has 0 bridgehead atoms. The first-order valence-electron chi connectivity index (χ1n) is 9.03. The zero-order valence-corrected chi connectivity index (χ0v) is 13.4. The molecule has 1 aromatic rings. The molecule has 0 saturated heterocycles. The Kier molecular flexibility index (Phi) is 3.56. The Bertz CT molecular complexity index is 476. The summed E-state index contributed by atoms with van der Waals surface area (Å²) in [6, 6.07) is 2.97. The van der Waals surface area contributed by atoms with Gasteiger partial charge in [0.25, 0.3) is 0 Å². The van der Waals surface area contributed by atoms with Gasteiger partial charge in [0.1, 0.15) is 0 Å². The van der Waals surface area contributed by atoms with Crippen LogP contribution >= 0.6 is 0 Å². The molecular formula is C18H29N3. The Morgan fingerprint density at radius 2 is 2.05 bits per heavy atom. The zero-order chi connectivity index (χ0) is 14.3. The molecule has 0 radical (unpaired) electrons. The van der Waals surface area contributed by atoms with E-state index in [9.17, 15) is 0 Å². The summed E-state index contributed by atoms with van der Waals surface area (Å²) in [5.41, 5.74) is 1.83. The van der Waals surface area contributed by atoms with Crippen LogP contribution in [0.5, 0.6) is 0 Å². The van der Waals surface area contributed by atoms with E-state index in [1.54, 1.807) is 0 Å². The predicted molar refractivity (Wildman–Crippen MR) is 85.2 cm³/mol. The molecule has 0 aromatic carbocycles. The van der Waals surface area contributed by atoms with Gasteiger partial charge in [-0.2, -0.15) is 5.10 Å². The fourth-order valence-corrected chi connectivity index (χ4v) is 4.98. The van der Waals surface area contributed by atoms with E-state index < -0.39 is 0 Å². The van der Waals surface area contributed by atoms with Crippen LogP contribution in [0.15, 0.2) is 12.3 Å². The maximum absolute atomic E-state index is 4.94. The SMILES string of the molecule is CCNCC1(Cc2ccn(C3CCCC3)n2)CC2CC2C1. The number of hydrogen-bond acceptors (Lipinski definition) is 2. The molecule has 1 heterocycles. The third kappa shape index (κ3) is 2.77. The van der Waals surface area contributed by atoms with E-state index in [0.717, 1.165) is 18.4 Å². The molecule has 116 valence electrons. The van der Waals surface area contributed by atoms with E-state index in [-0.39, 0.29) is 0 Å². The van der Waals surface area contributed by atoms with Crippen molar-refractivity contribution < 1.29 is 0 Å². The summed E-state index contributed by atoms with van der Waals surface area (Å²) in [7, 11) is 0. The maximum atomic E-state index is 4.94. The molecule has 3 aliphatic carbocycles. The van der Waals surface area contributed by atoms with E-state index in [1.165, 1.54) is 63.6 Å². The second-order valence-electron chi connectivity index (χ2n) is 7.85. The lowest BCUT2D eigenvalue weighted by Gasteiger charge is -2.30. The average Bonchev–Trinajstić information content (AvgIpc) is 2.98. The van der Waals surface area contributed by atoms with E-state index in [2.05, 4.69) is 29.2 Å². The van der Waals surface area contributed by atoms with Crippen molar-refractivity contribution in [1.29, 1.82) is 0 Å². The molecular weight excluding hydrogens is 258 g/mol. The van der Waals surface area contributed by atoms with Crippen LogP contribution in [0.3, 0.4) is 0 Å². The van der Waals surface area contributed by atoms with Gasteiger partial charge in [-0.3, -0.25) is 4.68 Å². The lowest BCUT2D eigenvalue weighted by atomic mass is 9.78. The predicted octanol–water partition coefficient (Wildman–Crippen LogP) is 3.57. The second kappa shape index (κ2) is 5.42. The van der Waals surface area contributed by atoms with Crippen molar-refractivity contribution in [2.45, 2.75) is 64.3 Å². The van der Waals surface area contributed by atoms with Gasteiger partial charge in [-0.25, -0.2) is 0 Å². The summed E-state index contributed by atoms with van der Waals surface area (Å²) in [5, 5.41) is 8.56. The van der Waals surface area contributed by atoms with E-state index >= 15 is 0 Å². The molecule has 0 amide bonds. The van der Waals surface area contributed by atoms with Crippen molar-refractivity contribution in [2.24, 2.45) is 17.3 Å². The van der Waals surface area contributed by atoms with Gasteiger partial charge in [0.05, 0.1) is 11.7 Å². The molecule has 3 aliphatic rings. The largest absolute Gasteiger partial charge is 0.316 e. The Morgan fingerprint density at radius 3 is 2.76 bits per heavy atom. The Morgan fingerprint density at radius 1 is 1.29 bits per heavy atom. The number of rotatable bonds is 6. The van der Waals surface area contributed by atoms with Gasteiger partial charge in [0.15, 0.2) is 0 Å². The van der Waals surface area contributed by atoms with Crippen LogP contribution in [-0.2, 0) is 6.42 Å². The lowest BCUT2D eigenvalue weighted by molar-refractivity contribution is 0.247. The van der Waals surface area contributed by atoms with Crippen LogP contribution in [0.2, 0.25) is 0 Å². The minimum atomic E-state index is 0.498. The van der Waals surface area contributed by atoms with Crippen molar-refractivity contribution in [3.8, 4) is 0 Å². The minimum Gasteiger partial charge on any atom is -0.316 e. The second-order valence-corrected chi connectivity index (χ2v) is 7.85. The summed E-state index contributed by atoms with van der Waals surface area (Å²) in [6.07, 6.45) is 13.2. The van der Waals surface area contributed by atoms with Crippen molar-refractivity contribution in [2.75, 3.05) is 13.1 Å². The first-order valence-corrected chi connectivity index (χ1v) is 9.03. The van der Waals surface area contributed by atoms with Crippen LogP contribution < -0.4 is 5.32 Å². The monoisotopic (exact) mass is 287 g/mol. The van der Waals surface area contributed by atoms with Crippen LogP contribution in [-0.4, -0.2) is 22.9 Å². The molecule has 1 aromatic heterocycles. The highest BCUT2D eigenvalue weighted by molar-refractivity contribution is 5.11. The topological polar surface area (TPSA) is 29.9 Å². The first-order chi connectivity index (χ1) is 10.3. The summed E-state index contributed by atoms with van der Waals surface area (Å²) in [4.78, 5) is 0. The van der Waals surface area contributed by atoms with E-state index in [1.807, 2.05) is 0 Å². The van der Waals surface area contributed by atoms with E-state index in [0.29, 0.717) is 11.5 Å². The van der Waals surface area contributed by atoms with Crippen molar-refractivity contribution in [3.63, 3.8) is 0 Å². The quantitative estimate of drug-likeness (QED) is 0.867. The van der Waals surface area contributed by atoms with Crippen LogP contribution in [0, 0.1) is 17.3 Å². The summed E-state index contributed by atoms with van der Waals surface area (Å²) in [6.45, 7) is 4.50. The standard InChI is InChI=1S/C18H29N3/c1-2-19-13-18(10-14-9-15(14)11-18)12-16-7-8-21(20-16)17-5-3-4-6-17/h7-8,14-15,17,19H,2-6,9-13H2,1H3. The zero-order valence-electron chi connectivity index (χ0n) is 13.4. The lowest BCUT2D eigenvalue weighted by Crippen LogP contribution is -2.35. The van der Waals surface area contributed by atoms with Gasteiger partial charge in [-0.1, -0.05) is 19.8 Å². The highest BCUT2D eigenvalue weighted by Gasteiger charge is 2.53. The smallest absolute Gasteiger partial charge is 0.0630 e. The molecule has 0 aliphatic heterocycles. The van der Waals surface area contributed by atoms with E-state index in [4.69, 9.17) is 5.10 Å². The number of hydrogen-bond donors (Lipinski definition) is 1. The molecule has 3 heteroatoms. The van der Waals surface area contributed by atoms with Crippen LogP contribution in [0.4, 0.5) is 0 Å². The normalized spacial score (nSPS) is 35.3. The summed E-state index contributed by atoms with van der Waals surface area (Å²) >= 11 is 0. The van der Waals surface area contributed by atoms with Gasteiger partial charge >= 0.3 is 0 Å². The van der Waals surface area contributed by atoms with Gasteiger partial charge in [0.2, 0.25) is 0 Å². The Hall–Kier alpha value is -0.830. The number of nitrogens with one attached hydrogen (secondary N) is 1. The number of fused-ring (bicyclic) bond motifs is 1. The van der Waals surface area contributed by atoms with Gasteiger partial charge < -0.3 is 5.32 Å². The van der Waals surface area contributed by atoms with Crippen LogP contribution in [0.1, 0.15) is 63.6 Å². The Balaban J connectivity index is 1.45. The van der Waals surface area contributed by atoms with Gasteiger partial charge in [0, 0.05) is 12.7 Å². The highest BCUT2D eigenvalue weighted by Crippen LogP contribution is 2.60. The average molecular weight is 287 g/mol. The summed E-state index contributed by atoms with van der Waals surface area (Å²) in [5.74, 6) is 2.08. The van der Waals surface area contributed by atoms with Crippen molar-refractivity contribution in [3.05, 3.63) is 18.0 Å². The third-order valence-electron chi connectivity index (χ3n) is 6.13. The Labute approximate surface area is 128 Å². The van der Waals surface area contributed by atoms with Crippen molar-refractivity contribution >= 4 is 0 Å². The molecule has 0 spiro atoms. The molecule has 2 unspecified atom stereocenters. The fourth-order valence-electron chi connectivity index (χ4n) is 4.98.